The Morgan fingerprint density at radius 3 is 2.54 bits per heavy atom. The number of guanidine groups is 1. The van der Waals surface area contributed by atoms with E-state index in [2.05, 4.69) is 15.6 Å². The molecule has 1 aromatic carbocycles. The van der Waals surface area contributed by atoms with Crippen molar-refractivity contribution in [2.24, 2.45) is 12.0 Å². The normalized spacial score (nSPS) is 11.0. The summed E-state index contributed by atoms with van der Waals surface area (Å²) in [5.74, 6) is -4.65. The highest BCUT2D eigenvalue weighted by atomic mass is 127. The Morgan fingerprint density at radius 2 is 1.96 bits per heavy atom. The summed E-state index contributed by atoms with van der Waals surface area (Å²) in [6.07, 6.45) is 1.77. The van der Waals surface area contributed by atoms with Crippen LogP contribution in [-0.2, 0) is 18.4 Å². The summed E-state index contributed by atoms with van der Waals surface area (Å²) in [4.78, 5) is 17.8. The predicted molar refractivity (Wildman–Crippen MR) is 114 cm³/mol. The van der Waals surface area contributed by atoms with Gasteiger partial charge < -0.3 is 20.1 Å². The zero-order valence-electron chi connectivity index (χ0n) is 15.4. The lowest BCUT2D eigenvalue weighted by Gasteiger charge is -2.22. The van der Waals surface area contributed by atoms with Gasteiger partial charge in [0.15, 0.2) is 23.4 Å². The van der Waals surface area contributed by atoms with Gasteiger partial charge in [-0.2, -0.15) is 0 Å². The molecule has 1 amide bonds. The van der Waals surface area contributed by atoms with E-state index < -0.39 is 29.0 Å². The van der Waals surface area contributed by atoms with Crippen molar-refractivity contribution in [2.75, 3.05) is 26.0 Å². The number of hydrogen-bond acceptors (Lipinski definition) is 2. The average Bonchev–Trinajstić information content (AvgIpc) is 2.93. The van der Waals surface area contributed by atoms with Crippen molar-refractivity contribution >= 4 is 53.1 Å². The van der Waals surface area contributed by atoms with Gasteiger partial charge in [-0.3, -0.25) is 9.79 Å². The van der Waals surface area contributed by atoms with Crippen LogP contribution in [0.1, 0.15) is 5.69 Å². The maximum Gasteiger partial charge on any atom is 0.243 e. The standard InChI is InChI=1S/C17H19ClF3N5O.HI/c1-22-17(26(3)9-11-6-10(18)8-25(11)2)23-7-14(27)24-13-5-4-12(19)15(20)16(13)21;/h4-6,8H,7,9H2,1-3H3,(H,22,23)(H,24,27);1H. The molecule has 0 atom stereocenters. The first-order valence-corrected chi connectivity index (χ1v) is 8.26. The Hall–Kier alpha value is -1.95. The average molecular weight is 530 g/mol. The molecular weight excluding hydrogens is 510 g/mol. The van der Waals surface area contributed by atoms with Gasteiger partial charge in [-0.25, -0.2) is 13.2 Å². The third-order valence-corrected chi connectivity index (χ3v) is 3.97. The Labute approximate surface area is 182 Å². The minimum Gasteiger partial charge on any atom is -0.351 e. The number of anilines is 1. The number of carbonyl (C=O) groups is 1. The van der Waals surface area contributed by atoms with E-state index in [1.54, 1.807) is 25.2 Å². The molecule has 0 aliphatic heterocycles. The number of carbonyl (C=O) groups excluding carboxylic acids is 1. The zero-order chi connectivity index (χ0) is 20.1. The first kappa shape index (κ1) is 24.1. The molecular formula is C17H20ClF3IN5O. The molecule has 2 rings (SSSR count). The summed E-state index contributed by atoms with van der Waals surface area (Å²) in [5, 5.41) is 5.60. The minimum absolute atomic E-state index is 0. The van der Waals surface area contributed by atoms with E-state index in [0.29, 0.717) is 17.5 Å². The van der Waals surface area contributed by atoms with Crippen LogP contribution in [0.5, 0.6) is 0 Å². The van der Waals surface area contributed by atoms with Crippen LogP contribution in [0.2, 0.25) is 5.02 Å². The lowest BCUT2D eigenvalue weighted by molar-refractivity contribution is -0.115. The van der Waals surface area contributed by atoms with E-state index in [1.165, 1.54) is 0 Å². The Morgan fingerprint density at radius 1 is 1.29 bits per heavy atom. The van der Waals surface area contributed by atoms with E-state index >= 15 is 0 Å². The Bertz CT molecular complexity index is 875. The van der Waals surface area contributed by atoms with E-state index in [4.69, 9.17) is 11.6 Å². The molecule has 0 spiro atoms. The van der Waals surface area contributed by atoms with Gasteiger partial charge in [0.1, 0.15) is 0 Å². The third-order valence-electron chi connectivity index (χ3n) is 3.76. The molecule has 1 heterocycles. The van der Waals surface area contributed by atoms with E-state index in [9.17, 15) is 18.0 Å². The van der Waals surface area contributed by atoms with Crippen molar-refractivity contribution in [1.29, 1.82) is 0 Å². The van der Waals surface area contributed by atoms with E-state index in [1.807, 2.05) is 17.7 Å². The molecule has 1 aromatic heterocycles. The molecule has 28 heavy (non-hydrogen) atoms. The number of aliphatic imine (C=N–C) groups is 1. The van der Waals surface area contributed by atoms with Crippen molar-refractivity contribution in [1.82, 2.24) is 14.8 Å². The fourth-order valence-corrected chi connectivity index (χ4v) is 2.67. The van der Waals surface area contributed by atoms with Crippen LogP contribution >= 0.6 is 35.6 Å². The van der Waals surface area contributed by atoms with E-state index in [-0.39, 0.29) is 30.5 Å². The molecule has 0 saturated carbocycles. The maximum atomic E-state index is 13.6. The Balaban J connectivity index is 0.00000392. The van der Waals surface area contributed by atoms with Crippen LogP contribution in [0.15, 0.2) is 29.4 Å². The maximum absolute atomic E-state index is 13.6. The van der Waals surface area contributed by atoms with Gasteiger partial charge in [0.05, 0.1) is 23.8 Å². The molecule has 2 N–H and O–H groups in total. The number of benzene rings is 1. The smallest absolute Gasteiger partial charge is 0.243 e. The fraction of sp³-hybridized carbons (Fsp3) is 0.294. The van der Waals surface area contributed by atoms with Crippen LogP contribution in [0, 0.1) is 17.5 Å². The molecule has 11 heteroatoms. The van der Waals surface area contributed by atoms with Crippen LogP contribution in [0.4, 0.5) is 18.9 Å². The summed E-state index contributed by atoms with van der Waals surface area (Å²) in [6.45, 7) is 0.228. The summed E-state index contributed by atoms with van der Waals surface area (Å²) in [5.41, 5.74) is 0.487. The topological polar surface area (TPSA) is 61.7 Å². The molecule has 0 saturated heterocycles. The molecule has 0 radical (unpaired) electrons. The minimum atomic E-state index is -1.64. The molecule has 0 aliphatic rings. The molecule has 0 unspecified atom stereocenters. The second-order valence-electron chi connectivity index (χ2n) is 5.79. The third kappa shape index (κ3) is 6.03. The number of nitrogens with one attached hydrogen (secondary N) is 2. The molecule has 2 aromatic rings. The largest absolute Gasteiger partial charge is 0.351 e. The summed E-state index contributed by atoms with van der Waals surface area (Å²) < 4.78 is 41.6. The van der Waals surface area contributed by atoms with Gasteiger partial charge in [0.25, 0.3) is 0 Å². The lowest BCUT2D eigenvalue weighted by Crippen LogP contribution is -2.42. The highest BCUT2D eigenvalue weighted by Crippen LogP contribution is 2.19. The van der Waals surface area contributed by atoms with E-state index in [0.717, 1.165) is 17.8 Å². The number of hydrogen-bond donors (Lipinski definition) is 2. The number of rotatable bonds is 5. The molecule has 0 aliphatic carbocycles. The first-order chi connectivity index (χ1) is 12.7. The number of aromatic nitrogens is 1. The van der Waals surface area contributed by atoms with Crippen LogP contribution < -0.4 is 10.6 Å². The van der Waals surface area contributed by atoms with Gasteiger partial charge in [-0.1, -0.05) is 11.6 Å². The van der Waals surface area contributed by atoms with Crippen molar-refractivity contribution < 1.29 is 18.0 Å². The van der Waals surface area contributed by atoms with Crippen LogP contribution in [0.3, 0.4) is 0 Å². The number of aryl methyl sites for hydroxylation is 1. The Kier molecular flexibility index (Phi) is 9.08. The number of halogens is 5. The van der Waals surface area contributed by atoms with Crippen molar-refractivity contribution in [3.8, 4) is 0 Å². The molecule has 0 fully saturated rings. The summed E-state index contributed by atoms with van der Waals surface area (Å²) in [7, 11) is 5.17. The second-order valence-corrected chi connectivity index (χ2v) is 6.22. The predicted octanol–water partition coefficient (Wildman–Crippen LogP) is 3.36. The zero-order valence-corrected chi connectivity index (χ0v) is 18.5. The van der Waals surface area contributed by atoms with Gasteiger partial charge >= 0.3 is 0 Å². The summed E-state index contributed by atoms with van der Waals surface area (Å²) >= 11 is 5.96. The second kappa shape index (κ2) is 10.6. The molecule has 154 valence electrons. The monoisotopic (exact) mass is 529 g/mol. The summed E-state index contributed by atoms with van der Waals surface area (Å²) in [6, 6.07) is 3.49. The first-order valence-electron chi connectivity index (χ1n) is 7.88. The van der Waals surface area contributed by atoms with Crippen molar-refractivity contribution in [3.63, 3.8) is 0 Å². The van der Waals surface area contributed by atoms with Crippen molar-refractivity contribution in [3.05, 3.63) is 52.6 Å². The number of amides is 1. The van der Waals surface area contributed by atoms with Gasteiger partial charge in [-0.05, 0) is 18.2 Å². The highest BCUT2D eigenvalue weighted by Gasteiger charge is 2.16. The SMILES string of the molecule is CN=C(NCC(=O)Nc1ccc(F)c(F)c1F)N(C)Cc1cc(Cl)cn1C.I. The van der Waals surface area contributed by atoms with Gasteiger partial charge in [0, 0.05) is 33.0 Å². The fourth-order valence-electron chi connectivity index (χ4n) is 2.40. The van der Waals surface area contributed by atoms with Crippen molar-refractivity contribution in [2.45, 2.75) is 6.54 Å². The van der Waals surface area contributed by atoms with Gasteiger partial charge in [-0.15, -0.1) is 24.0 Å². The lowest BCUT2D eigenvalue weighted by atomic mass is 10.2. The molecule has 6 nitrogen and oxygen atoms in total. The van der Waals surface area contributed by atoms with Crippen LogP contribution in [0.25, 0.3) is 0 Å². The quantitative estimate of drug-likeness (QED) is 0.270. The van der Waals surface area contributed by atoms with Crippen LogP contribution in [-0.4, -0.2) is 42.0 Å². The molecule has 0 bridgehead atoms. The highest BCUT2D eigenvalue weighted by molar-refractivity contribution is 14.0. The number of nitrogens with zero attached hydrogens (tertiary/aromatic N) is 3. The van der Waals surface area contributed by atoms with Gasteiger partial charge in [0.2, 0.25) is 5.91 Å².